The molecule has 0 unspecified atom stereocenters. The number of aromatic nitrogens is 5. The van der Waals surface area contributed by atoms with Crippen LogP contribution in [0.5, 0.6) is 0 Å². The molecule has 0 radical (unpaired) electrons. The molecule has 3 heterocycles. The molecule has 3 aliphatic carbocycles. The van der Waals surface area contributed by atoms with Crippen LogP contribution in [-0.4, -0.2) is 43.0 Å². The molecular weight excluding hydrogens is 504 g/mol. The number of amides is 1. The minimum atomic E-state index is -2.68. The summed E-state index contributed by atoms with van der Waals surface area (Å²) < 4.78 is 34.7. The van der Waals surface area contributed by atoms with Gasteiger partial charge < -0.3 is 15.4 Å². The van der Waals surface area contributed by atoms with Crippen LogP contribution in [0.4, 0.5) is 25.5 Å². The van der Waals surface area contributed by atoms with Gasteiger partial charge in [0.1, 0.15) is 22.8 Å². The first kappa shape index (κ1) is 24.0. The zero-order chi connectivity index (χ0) is 25.9. The van der Waals surface area contributed by atoms with E-state index in [-0.39, 0.29) is 35.6 Å². The summed E-state index contributed by atoms with van der Waals surface area (Å²) in [5.74, 6) is 0.342. The topological polar surface area (TPSA) is 116 Å². The second-order valence-corrected chi connectivity index (χ2v) is 11.1. The Morgan fingerprint density at radius 2 is 2.16 bits per heavy atom. The summed E-state index contributed by atoms with van der Waals surface area (Å²) in [6.07, 6.45) is 4.04. The second kappa shape index (κ2) is 8.89. The van der Waals surface area contributed by atoms with Gasteiger partial charge in [0.15, 0.2) is 0 Å². The number of esters is 1. The molecule has 0 aromatic carbocycles. The molecule has 10 nitrogen and oxygen atoms in total. The van der Waals surface area contributed by atoms with Crippen LogP contribution in [0, 0.1) is 11.3 Å². The molecule has 0 bridgehead atoms. The molecule has 3 aromatic heterocycles. The highest BCUT2D eigenvalue weighted by Crippen LogP contribution is 2.70. The second-order valence-electron chi connectivity index (χ2n) is 10.00. The molecule has 1 spiro atoms. The first-order valence-corrected chi connectivity index (χ1v) is 13.2. The number of hydrogen-bond acceptors (Lipinski definition) is 8. The lowest BCUT2D eigenvalue weighted by Gasteiger charge is -2.25. The van der Waals surface area contributed by atoms with Crippen LogP contribution in [0.3, 0.4) is 0 Å². The minimum Gasteiger partial charge on any atom is -0.462 e. The number of halogens is 2. The number of rotatable bonds is 8. The number of hydrogen-bond donors (Lipinski definition) is 2. The highest BCUT2D eigenvalue weighted by Gasteiger charge is 2.65. The first-order chi connectivity index (χ1) is 17.8. The Balaban J connectivity index is 1.26. The Morgan fingerprint density at radius 1 is 1.35 bits per heavy atom. The number of carbonyl (C=O) groups excluding carboxylic acids is 2. The summed E-state index contributed by atoms with van der Waals surface area (Å²) in [4.78, 5) is 27.0. The van der Waals surface area contributed by atoms with Crippen molar-refractivity contribution in [3.8, 4) is 0 Å². The van der Waals surface area contributed by atoms with E-state index in [4.69, 9.17) is 4.74 Å². The molecule has 2 fully saturated rings. The minimum absolute atomic E-state index is 0.0113. The van der Waals surface area contributed by atoms with E-state index >= 15 is 0 Å². The molecule has 3 aromatic rings. The molecule has 13 heteroatoms. The number of nitrogens with zero attached hydrogens (tertiary/aromatic N) is 5. The summed E-state index contributed by atoms with van der Waals surface area (Å²) in [6.45, 7) is 1.99. The van der Waals surface area contributed by atoms with Gasteiger partial charge in [0, 0.05) is 30.0 Å². The lowest BCUT2D eigenvalue weighted by atomic mass is 9.91. The first-order valence-electron chi connectivity index (χ1n) is 12.4. The van der Waals surface area contributed by atoms with Gasteiger partial charge in [0.05, 0.1) is 12.2 Å². The predicted octanol–water partition coefficient (Wildman–Crippen LogP) is 4.40. The third kappa shape index (κ3) is 4.28. The van der Waals surface area contributed by atoms with Crippen molar-refractivity contribution >= 4 is 40.0 Å². The van der Waals surface area contributed by atoms with Gasteiger partial charge in [-0.1, -0.05) is 0 Å². The van der Waals surface area contributed by atoms with Crippen molar-refractivity contribution in [1.29, 1.82) is 0 Å². The summed E-state index contributed by atoms with van der Waals surface area (Å²) >= 11 is 1.45. The normalized spacial score (nSPS) is 21.1. The van der Waals surface area contributed by atoms with Crippen molar-refractivity contribution in [2.24, 2.45) is 18.4 Å². The van der Waals surface area contributed by atoms with Gasteiger partial charge in [0.25, 0.3) is 6.43 Å². The van der Waals surface area contributed by atoms with Gasteiger partial charge >= 0.3 is 5.97 Å². The molecule has 0 aliphatic heterocycles. The van der Waals surface area contributed by atoms with E-state index in [1.807, 2.05) is 4.57 Å². The van der Waals surface area contributed by atoms with Crippen LogP contribution in [-0.2, 0) is 29.4 Å². The van der Waals surface area contributed by atoms with Crippen molar-refractivity contribution in [3.05, 3.63) is 34.1 Å². The molecule has 2 N–H and O–H groups in total. The van der Waals surface area contributed by atoms with Crippen LogP contribution >= 0.6 is 11.3 Å². The van der Waals surface area contributed by atoms with Crippen molar-refractivity contribution in [2.75, 3.05) is 17.2 Å². The fourth-order valence-corrected chi connectivity index (χ4v) is 6.60. The monoisotopic (exact) mass is 531 g/mol. The Hall–Kier alpha value is -3.35. The molecule has 0 saturated heterocycles. The van der Waals surface area contributed by atoms with Crippen LogP contribution in [0.15, 0.2) is 12.4 Å². The summed E-state index contributed by atoms with van der Waals surface area (Å²) in [7, 11) is 1.57. The lowest BCUT2D eigenvalue weighted by molar-refractivity contribution is -0.117. The van der Waals surface area contributed by atoms with Crippen molar-refractivity contribution in [2.45, 2.75) is 57.9 Å². The molecule has 1 amide bonds. The number of nitrogens with one attached hydrogen (secondary N) is 2. The van der Waals surface area contributed by atoms with E-state index in [2.05, 4.69) is 25.9 Å². The highest BCUT2D eigenvalue weighted by atomic mass is 32.1. The summed E-state index contributed by atoms with van der Waals surface area (Å²) in [6, 6.07) is 1.19. The summed E-state index contributed by atoms with van der Waals surface area (Å²) in [5, 5.41) is 18.6. The van der Waals surface area contributed by atoms with E-state index in [0.717, 1.165) is 36.1 Å². The SMILES string of the molecule is CCOC(=O)c1c(NC(=O)[C@H]2CC23CC3)sc2c1C[C@@H](n1cnnc1Nc1cc(C(F)F)nn1C)CC2. The van der Waals surface area contributed by atoms with Gasteiger partial charge in [0.2, 0.25) is 11.9 Å². The smallest absolute Gasteiger partial charge is 0.341 e. The third-order valence-electron chi connectivity index (χ3n) is 7.68. The maximum absolute atomic E-state index is 13.1. The van der Waals surface area contributed by atoms with Gasteiger partial charge in [-0.25, -0.2) is 13.6 Å². The van der Waals surface area contributed by atoms with Crippen LogP contribution in [0.25, 0.3) is 0 Å². The number of ether oxygens (including phenoxy) is 1. The number of alkyl halides is 2. The lowest BCUT2D eigenvalue weighted by Crippen LogP contribution is -2.21. The van der Waals surface area contributed by atoms with E-state index in [0.29, 0.717) is 35.2 Å². The standard InChI is InChI=1S/C24H27F2N7O3S/c1-3-36-22(35)18-13-8-12(4-5-16(13)37-21(18)29-20(34)14-10-24(14)6-7-24)33-11-27-30-23(33)28-17-9-15(19(25)26)31-32(17)2/h9,11-12,14,19H,3-8,10H2,1-2H3,(H,28,30)(H,29,34)/t12-,14+/m0/s1. The average molecular weight is 532 g/mol. The number of aryl methyl sites for hydroxylation is 2. The average Bonchev–Trinajstić information content (AvgIpc) is 3.62. The van der Waals surface area contributed by atoms with Crippen molar-refractivity contribution < 1.29 is 23.1 Å². The van der Waals surface area contributed by atoms with Gasteiger partial charge in [-0.2, -0.15) is 5.10 Å². The van der Waals surface area contributed by atoms with E-state index in [9.17, 15) is 18.4 Å². The van der Waals surface area contributed by atoms with Crippen LogP contribution in [0.1, 0.15) is 71.6 Å². The fraction of sp³-hybridized carbons (Fsp3) is 0.542. The third-order valence-corrected chi connectivity index (χ3v) is 8.89. The van der Waals surface area contributed by atoms with Gasteiger partial charge in [-0.15, -0.1) is 21.5 Å². The van der Waals surface area contributed by atoms with E-state index in [1.54, 1.807) is 20.3 Å². The number of carbonyl (C=O) groups is 2. The number of anilines is 3. The van der Waals surface area contributed by atoms with E-state index in [1.165, 1.54) is 22.1 Å². The number of fused-ring (bicyclic) bond motifs is 1. The molecule has 37 heavy (non-hydrogen) atoms. The number of thiophene rings is 1. The molecular formula is C24H27F2N7O3S. The quantitative estimate of drug-likeness (QED) is 0.414. The van der Waals surface area contributed by atoms with Crippen LogP contribution in [0.2, 0.25) is 0 Å². The Labute approximate surface area is 215 Å². The molecule has 2 atom stereocenters. The Morgan fingerprint density at radius 3 is 2.84 bits per heavy atom. The Bertz CT molecular complexity index is 1380. The fourth-order valence-electron chi connectivity index (χ4n) is 5.37. The maximum atomic E-state index is 13.1. The molecule has 196 valence electrons. The largest absolute Gasteiger partial charge is 0.462 e. The zero-order valence-electron chi connectivity index (χ0n) is 20.5. The molecule has 3 aliphatic rings. The van der Waals surface area contributed by atoms with Gasteiger partial charge in [-0.3, -0.25) is 14.0 Å². The summed E-state index contributed by atoms with van der Waals surface area (Å²) in [5.41, 5.74) is 1.19. The van der Waals surface area contributed by atoms with Gasteiger partial charge in [-0.05, 0) is 56.4 Å². The maximum Gasteiger partial charge on any atom is 0.341 e. The molecule has 6 rings (SSSR count). The Kier molecular flexibility index (Phi) is 5.77. The zero-order valence-corrected chi connectivity index (χ0v) is 21.3. The van der Waals surface area contributed by atoms with Crippen molar-refractivity contribution in [1.82, 2.24) is 24.5 Å². The highest BCUT2D eigenvalue weighted by molar-refractivity contribution is 7.17. The van der Waals surface area contributed by atoms with Crippen molar-refractivity contribution in [3.63, 3.8) is 0 Å². The predicted molar refractivity (Wildman–Crippen MR) is 131 cm³/mol. The van der Waals surface area contributed by atoms with E-state index < -0.39 is 12.4 Å². The van der Waals surface area contributed by atoms with Crippen LogP contribution < -0.4 is 10.6 Å². The molecule has 2 saturated carbocycles.